The van der Waals surface area contributed by atoms with Gasteiger partial charge in [0.25, 0.3) is 0 Å². The molecular weight excluding hydrogens is 643 g/mol. The molecule has 7 rings (SSSR count). The molecule has 0 saturated heterocycles. The average molecular weight is 675 g/mol. The van der Waals surface area contributed by atoms with Crippen molar-refractivity contribution in [3.8, 4) is 11.1 Å². The van der Waals surface area contributed by atoms with Gasteiger partial charge in [-0.15, -0.1) is 11.3 Å². The maximum atomic E-state index is 4.93. The zero-order valence-electron chi connectivity index (χ0n) is 23.5. The summed E-state index contributed by atoms with van der Waals surface area (Å²) in [5.74, 6) is 0. The Morgan fingerprint density at radius 3 is 2.12 bits per heavy atom. The van der Waals surface area contributed by atoms with E-state index in [0.29, 0.717) is 11.1 Å². The summed E-state index contributed by atoms with van der Waals surface area (Å²) in [5, 5.41) is 4.09. The second-order valence-electron chi connectivity index (χ2n) is 11.6. The first-order valence-corrected chi connectivity index (χ1v) is 24.0. The van der Waals surface area contributed by atoms with Crippen LogP contribution in [0.25, 0.3) is 43.6 Å². The normalized spacial score (nSPS) is 17.9. The molecule has 1 aromatic heterocycles. The first-order chi connectivity index (χ1) is 19.3. The summed E-state index contributed by atoms with van der Waals surface area (Å²) in [5.41, 5.74) is 13.0. The number of hydrogen-bond donors (Lipinski definition) is 0. The molecule has 2 aliphatic rings. The van der Waals surface area contributed by atoms with Gasteiger partial charge in [0, 0.05) is 26.0 Å². The number of benzene rings is 4. The third-order valence-corrected chi connectivity index (χ3v) is 15.0. The number of thiophene rings is 1. The van der Waals surface area contributed by atoms with Crippen molar-refractivity contribution in [2.45, 2.75) is 44.9 Å². The fourth-order valence-corrected chi connectivity index (χ4v) is 14.8. The topological polar surface area (TPSA) is 0 Å². The monoisotopic (exact) mass is 672 g/mol. The van der Waals surface area contributed by atoms with E-state index in [9.17, 15) is 0 Å². The summed E-state index contributed by atoms with van der Waals surface area (Å²) in [6, 6.07) is 31.6. The van der Waals surface area contributed by atoms with Gasteiger partial charge in [-0.1, -0.05) is 109 Å². The van der Waals surface area contributed by atoms with Gasteiger partial charge in [0.1, 0.15) is 0 Å². The fourth-order valence-electron chi connectivity index (χ4n) is 7.56. The van der Waals surface area contributed by atoms with E-state index in [4.69, 9.17) is 17.0 Å². The molecule has 0 fully saturated rings. The Labute approximate surface area is 261 Å². The molecule has 0 nitrogen and oxygen atoms in total. The fraction of sp³-hybridized carbons (Fsp3) is 0.200. The van der Waals surface area contributed by atoms with Crippen LogP contribution in [0.1, 0.15) is 53.4 Å². The molecule has 2 aliphatic carbocycles. The molecule has 0 aliphatic heterocycles. The SMILES string of the molecule is CC1=Cc2c(-c3cccc4ccccc34)cccc2C1[Si](C)(C)C1C(C)=C(C)c2c1sc1ccccc21.[Cl][Zr][Cl]. The van der Waals surface area contributed by atoms with E-state index >= 15 is 0 Å². The Kier molecular flexibility index (Phi) is 7.92. The van der Waals surface area contributed by atoms with Crippen LogP contribution in [0.4, 0.5) is 0 Å². The number of hydrogen-bond acceptors (Lipinski definition) is 1. The summed E-state index contributed by atoms with van der Waals surface area (Å²) < 4.78 is 1.44. The molecule has 0 spiro atoms. The van der Waals surface area contributed by atoms with Gasteiger partial charge >= 0.3 is 37.9 Å². The Morgan fingerprint density at radius 2 is 1.35 bits per heavy atom. The van der Waals surface area contributed by atoms with E-state index in [1.165, 1.54) is 48.7 Å². The van der Waals surface area contributed by atoms with E-state index in [1.54, 1.807) is 21.6 Å². The van der Waals surface area contributed by atoms with Crippen molar-refractivity contribution in [3.63, 3.8) is 0 Å². The standard InChI is InChI=1S/C35H32SSi.2ClH.Zr/c1-21-20-30-27(26-16-10-13-24-12-6-7-14-25(24)26)17-11-18-28(30)34(21)37(4,5)35-23(3)22(2)32-29-15-8-9-19-31(29)36-33(32)35;;;/h6-20,34-35H,1-5H3;2*1H;/q;;;+2/p-2. The van der Waals surface area contributed by atoms with Gasteiger partial charge in [0.2, 0.25) is 0 Å². The Bertz CT molecular complexity index is 1830. The zero-order chi connectivity index (χ0) is 28.2. The van der Waals surface area contributed by atoms with Crippen LogP contribution in [0.5, 0.6) is 0 Å². The van der Waals surface area contributed by atoms with Crippen molar-refractivity contribution < 1.29 is 20.8 Å². The molecule has 5 heteroatoms. The third-order valence-electron chi connectivity index (χ3n) is 9.13. The van der Waals surface area contributed by atoms with Crippen molar-refractivity contribution in [2.24, 2.45) is 0 Å². The van der Waals surface area contributed by atoms with Crippen molar-refractivity contribution in [2.75, 3.05) is 0 Å². The molecule has 0 amide bonds. The molecule has 200 valence electrons. The van der Waals surface area contributed by atoms with Crippen LogP contribution in [-0.2, 0) is 20.8 Å². The summed E-state index contributed by atoms with van der Waals surface area (Å²) in [4.78, 5) is 1.62. The molecule has 0 bridgehead atoms. The van der Waals surface area contributed by atoms with E-state index in [-0.39, 0.29) is 0 Å². The van der Waals surface area contributed by atoms with Crippen molar-refractivity contribution in [1.82, 2.24) is 0 Å². The molecule has 0 saturated carbocycles. The minimum absolute atomic E-state index is 0.515. The van der Waals surface area contributed by atoms with Gasteiger partial charge in [-0.05, 0) is 71.0 Å². The predicted molar refractivity (Wildman–Crippen MR) is 178 cm³/mol. The molecular formula is C35H32Cl2SSiZr. The van der Waals surface area contributed by atoms with Gasteiger partial charge in [-0.25, -0.2) is 0 Å². The molecule has 1 heterocycles. The van der Waals surface area contributed by atoms with Crippen molar-refractivity contribution in [1.29, 1.82) is 0 Å². The van der Waals surface area contributed by atoms with Gasteiger partial charge in [-0.3, -0.25) is 0 Å². The van der Waals surface area contributed by atoms with Crippen LogP contribution in [0, 0.1) is 0 Å². The molecule has 5 aromatic rings. The zero-order valence-corrected chi connectivity index (χ0v) is 29.3. The Morgan fingerprint density at radius 1 is 0.725 bits per heavy atom. The van der Waals surface area contributed by atoms with Crippen molar-refractivity contribution in [3.05, 3.63) is 118 Å². The Hall–Kier alpha value is -1.74. The molecule has 2 unspecified atom stereocenters. The maximum absolute atomic E-state index is 4.93. The summed E-state index contributed by atoms with van der Waals surface area (Å²) >= 11 is 1.22. The molecule has 2 atom stereocenters. The van der Waals surface area contributed by atoms with Crippen molar-refractivity contribution >= 4 is 68.9 Å². The van der Waals surface area contributed by atoms with E-state index in [2.05, 4.69) is 125 Å². The summed E-state index contributed by atoms with van der Waals surface area (Å²) in [7, 11) is 8.00. The van der Waals surface area contributed by atoms with Gasteiger partial charge in [0.15, 0.2) is 0 Å². The van der Waals surface area contributed by atoms with Crippen LogP contribution < -0.4 is 0 Å². The minimum atomic E-state index is -1.86. The van der Waals surface area contributed by atoms with Gasteiger partial charge in [-0.2, -0.15) is 0 Å². The van der Waals surface area contributed by atoms with Crippen LogP contribution in [0.2, 0.25) is 13.1 Å². The molecule has 0 radical (unpaired) electrons. The van der Waals surface area contributed by atoms with E-state index in [0.717, 1.165) is 0 Å². The number of allylic oxidation sites excluding steroid dienone is 3. The summed E-state index contributed by atoms with van der Waals surface area (Å²) in [6.07, 6.45) is 2.51. The average Bonchev–Trinajstić information content (AvgIpc) is 3.57. The quantitative estimate of drug-likeness (QED) is 0.167. The van der Waals surface area contributed by atoms with Crippen LogP contribution in [0.3, 0.4) is 0 Å². The first kappa shape index (κ1) is 28.4. The molecule has 40 heavy (non-hydrogen) atoms. The third kappa shape index (κ3) is 4.48. The number of halogens is 2. The predicted octanol–water partition coefficient (Wildman–Crippen LogP) is 12.0. The van der Waals surface area contributed by atoms with Gasteiger partial charge < -0.3 is 0 Å². The van der Waals surface area contributed by atoms with Crippen LogP contribution in [0.15, 0.2) is 96.1 Å². The summed E-state index contributed by atoms with van der Waals surface area (Å²) in [6.45, 7) is 12.5. The second kappa shape index (κ2) is 11.2. The van der Waals surface area contributed by atoms with E-state index in [1.807, 2.05) is 11.3 Å². The van der Waals surface area contributed by atoms with Crippen LogP contribution >= 0.6 is 28.4 Å². The number of fused-ring (bicyclic) bond motifs is 5. The first-order valence-electron chi connectivity index (χ1n) is 13.7. The molecule has 0 N–H and O–H groups in total. The van der Waals surface area contributed by atoms with Gasteiger partial charge in [0.05, 0.1) is 8.07 Å². The molecule has 4 aromatic carbocycles. The number of rotatable bonds is 3. The van der Waals surface area contributed by atoms with E-state index < -0.39 is 28.9 Å². The van der Waals surface area contributed by atoms with Crippen LogP contribution in [-0.4, -0.2) is 8.07 Å². The Balaban J connectivity index is 0.000000925. The second-order valence-corrected chi connectivity index (χ2v) is 21.2.